The van der Waals surface area contributed by atoms with Gasteiger partial charge in [-0.25, -0.2) is 0 Å². The van der Waals surface area contributed by atoms with E-state index in [2.05, 4.69) is 46.4 Å². The summed E-state index contributed by atoms with van der Waals surface area (Å²) in [6.07, 6.45) is 0. The molecule has 0 aromatic rings. The number of piperazine rings is 1. The molecule has 1 atom stereocenters. The molecular weight excluding hydrogens is 239 g/mol. The summed E-state index contributed by atoms with van der Waals surface area (Å²) in [6, 6.07) is 0. The van der Waals surface area contributed by atoms with Gasteiger partial charge in [-0.15, -0.1) is 0 Å². The van der Waals surface area contributed by atoms with Crippen LogP contribution in [-0.2, 0) is 0 Å². The van der Waals surface area contributed by atoms with Crippen LogP contribution in [0.15, 0.2) is 0 Å². The van der Waals surface area contributed by atoms with Crippen LogP contribution in [0.2, 0.25) is 0 Å². The summed E-state index contributed by atoms with van der Waals surface area (Å²) in [5.74, 6) is 0. The molecule has 1 saturated heterocycles. The Hall–Kier alpha value is 0.650. The quantitative estimate of drug-likeness (QED) is 0.391. The lowest BCUT2D eigenvalue weighted by atomic mass is 10.3. The third-order valence-corrected chi connectivity index (χ3v) is 2.83. The molecule has 0 saturated carbocycles. The molecule has 10 heavy (non-hydrogen) atoms. The average molecular weight is 254 g/mol. The van der Waals surface area contributed by atoms with Crippen molar-refractivity contribution in [1.82, 2.24) is 9.80 Å². The normalized spacial score (nSPS) is 26.7. The molecule has 0 spiro atoms. The van der Waals surface area contributed by atoms with Crippen molar-refractivity contribution in [2.45, 2.75) is 11.0 Å². The zero-order chi connectivity index (χ0) is 7.56. The molecule has 0 aromatic heterocycles. The Balaban J connectivity index is 2.26. The van der Waals surface area contributed by atoms with Crippen LogP contribution < -0.4 is 0 Å². The fourth-order valence-electron chi connectivity index (χ4n) is 1.18. The molecule has 1 aliphatic heterocycles. The van der Waals surface area contributed by atoms with Gasteiger partial charge in [0, 0.05) is 26.2 Å². The Labute approximate surface area is 76.7 Å². The van der Waals surface area contributed by atoms with Gasteiger partial charge in [-0.2, -0.15) is 0 Å². The maximum Gasteiger partial charge on any atom is 0.0590 e. The van der Waals surface area contributed by atoms with E-state index in [9.17, 15) is 0 Å². The Bertz CT molecular complexity index is 97.8. The van der Waals surface area contributed by atoms with Crippen LogP contribution in [-0.4, -0.2) is 47.1 Å². The second-order valence-corrected chi connectivity index (χ2v) is 4.72. The largest absolute Gasteiger partial charge is 0.304 e. The standard InChI is InChI=1S/C7H15IN2/c1-7(8)10-5-3-9(2)4-6-10/h7H,3-6H2,1-2H3/t7-/m1/s1. The molecule has 0 N–H and O–H groups in total. The summed E-state index contributed by atoms with van der Waals surface area (Å²) in [5.41, 5.74) is 0. The molecule has 1 rings (SSSR count). The zero-order valence-electron chi connectivity index (χ0n) is 6.68. The molecule has 2 nitrogen and oxygen atoms in total. The summed E-state index contributed by atoms with van der Waals surface area (Å²) >= 11 is 2.48. The fraction of sp³-hybridized carbons (Fsp3) is 1.00. The van der Waals surface area contributed by atoms with Crippen molar-refractivity contribution >= 4 is 22.6 Å². The lowest BCUT2D eigenvalue weighted by Gasteiger charge is -2.34. The third-order valence-electron chi connectivity index (χ3n) is 2.04. The maximum absolute atomic E-state index is 2.51. The maximum atomic E-state index is 2.51. The van der Waals surface area contributed by atoms with E-state index in [1.54, 1.807) is 0 Å². The molecule has 3 heteroatoms. The molecule has 1 heterocycles. The number of hydrogen-bond acceptors (Lipinski definition) is 2. The number of alkyl halides is 1. The predicted octanol–water partition coefficient (Wildman–Crippen LogP) is 1.01. The van der Waals surface area contributed by atoms with Crippen LogP contribution in [0.3, 0.4) is 0 Å². The smallest absolute Gasteiger partial charge is 0.0590 e. The second-order valence-electron chi connectivity index (χ2n) is 2.91. The lowest BCUT2D eigenvalue weighted by Crippen LogP contribution is -2.46. The van der Waals surface area contributed by atoms with E-state index in [-0.39, 0.29) is 0 Å². The first-order valence-corrected chi connectivity index (χ1v) is 5.01. The summed E-state index contributed by atoms with van der Waals surface area (Å²) in [5, 5.41) is 0. The number of rotatable bonds is 1. The van der Waals surface area contributed by atoms with Gasteiger partial charge >= 0.3 is 0 Å². The Morgan fingerprint density at radius 2 is 1.70 bits per heavy atom. The SMILES string of the molecule is C[C@H](I)N1CCN(C)CC1. The van der Waals surface area contributed by atoms with E-state index >= 15 is 0 Å². The minimum atomic E-state index is 0.700. The third kappa shape index (κ3) is 2.36. The molecule has 1 fully saturated rings. The van der Waals surface area contributed by atoms with Gasteiger partial charge in [-0.1, -0.05) is 22.6 Å². The molecule has 0 aliphatic carbocycles. The Morgan fingerprint density at radius 1 is 1.20 bits per heavy atom. The molecule has 0 aromatic carbocycles. The van der Waals surface area contributed by atoms with Crippen LogP contribution in [0.25, 0.3) is 0 Å². The topological polar surface area (TPSA) is 6.48 Å². The first-order chi connectivity index (χ1) is 4.70. The predicted molar refractivity (Wildman–Crippen MR) is 52.6 cm³/mol. The zero-order valence-corrected chi connectivity index (χ0v) is 8.84. The van der Waals surface area contributed by atoms with Crippen molar-refractivity contribution < 1.29 is 0 Å². The summed E-state index contributed by atoms with van der Waals surface area (Å²) < 4.78 is 0.700. The van der Waals surface area contributed by atoms with Crippen molar-refractivity contribution in [3.05, 3.63) is 0 Å². The van der Waals surface area contributed by atoms with E-state index in [0.29, 0.717) is 4.05 Å². The van der Waals surface area contributed by atoms with Crippen molar-refractivity contribution in [3.63, 3.8) is 0 Å². The highest BCUT2D eigenvalue weighted by Gasteiger charge is 2.16. The van der Waals surface area contributed by atoms with Crippen molar-refractivity contribution in [2.24, 2.45) is 0 Å². The molecule has 1 aliphatic rings. The van der Waals surface area contributed by atoms with Gasteiger partial charge in [0.15, 0.2) is 0 Å². The van der Waals surface area contributed by atoms with Crippen LogP contribution in [0.5, 0.6) is 0 Å². The number of nitrogens with zero attached hydrogens (tertiary/aromatic N) is 2. The van der Waals surface area contributed by atoms with Gasteiger partial charge in [0.05, 0.1) is 4.05 Å². The van der Waals surface area contributed by atoms with Gasteiger partial charge in [0.1, 0.15) is 0 Å². The fourth-order valence-corrected chi connectivity index (χ4v) is 1.73. The van der Waals surface area contributed by atoms with Crippen LogP contribution in [0.1, 0.15) is 6.92 Å². The average Bonchev–Trinajstić information content (AvgIpc) is 1.88. The van der Waals surface area contributed by atoms with Crippen LogP contribution >= 0.6 is 22.6 Å². The molecular formula is C7H15IN2. The van der Waals surface area contributed by atoms with Gasteiger partial charge in [-0.3, -0.25) is 4.90 Å². The van der Waals surface area contributed by atoms with Crippen LogP contribution in [0, 0.1) is 0 Å². The number of halogens is 1. The molecule has 0 amide bonds. The first-order valence-electron chi connectivity index (χ1n) is 3.77. The Kier molecular flexibility index (Phi) is 3.39. The van der Waals surface area contributed by atoms with E-state index in [1.807, 2.05) is 0 Å². The number of hydrogen-bond donors (Lipinski definition) is 0. The minimum Gasteiger partial charge on any atom is -0.304 e. The van der Waals surface area contributed by atoms with Gasteiger partial charge in [-0.05, 0) is 14.0 Å². The van der Waals surface area contributed by atoms with Gasteiger partial charge in [0.25, 0.3) is 0 Å². The lowest BCUT2D eigenvalue weighted by molar-refractivity contribution is 0.154. The highest BCUT2D eigenvalue weighted by atomic mass is 127. The molecule has 0 unspecified atom stereocenters. The first kappa shape index (κ1) is 8.74. The van der Waals surface area contributed by atoms with E-state index in [4.69, 9.17) is 0 Å². The van der Waals surface area contributed by atoms with Crippen molar-refractivity contribution in [1.29, 1.82) is 0 Å². The summed E-state index contributed by atoms with van der Waals surface area (Å²) in [6.45, 7) is 7.19. The number of likely N-dealkylation sites (N-methyl/N-ethyl adjacent to an activating group) is 1. The minimum absolute atomic E-state index is 0.700. The van der Waals surface area contributed by atoms with Crippen molar-refractivity contribution in [2.75, 3.05) is 33.2 Å². The van der Waals surface area contributed by atoms with E-state index < -0.39 is 0 Å². The van der Waals surface area contributed by atoms with Crippen molar-refractivity contribution in [3.8, 4) is 0 Å². The molecule has 60 valence electrons. The summed E-state index contributed by atoms with van der Waals surface area (Å²) in [7, 11) is 2.19. The molecule has 0 bridgehead atoms. The monoisotopic (exact) mass is 254 g/mol. The molecule has 0 radical (unpaired) electrons. The second kappa shape index (κ2) is 3.88. The van der Waals surface area contributed by atoms with E-state index in [0.717, 1.165) is 0 Å². The Morgan fingerprint density at radius 3 is 2.10 bits per heavy atom. The summed E-state index contributed by atoms with van der Waals surface area (Å²) in [4.78, 5) is 4.90. The van der Waals surface area contributed by atoms with Gasteiger partial charge < -0.3 is 4.90 Å². The van der Waals surface area contributed by atoms with E-state index in [1.165, 1.54) is 26.2 Å². The van der Waals surface area contributed by atoms with Crippen LogP contribution in [0.4, 0.5) is 0 Å². The van der Waals surface area contributed by atoms with Gasteiger partial charge in [0.2, 0.25) is 0 Å². The highest BCUT2D eigenvalue weighted by molar-refractivity contribution is 14.1. The highest BCUT2D eigenvalue weighted by Crippen LogP contribution is 2.09.